The first-order valence-electron chi connectivity index (χ1n) is 9.71. The minimum atomic E-state index is -0.0157. The van der Waals surface area contributed by atoms with E-state index in [9.17, 15) is 4.79 Å². The van der Waals surface area contributed by atoms with Gasteiger partial charge in [0.25, 0.3) is 0 Å². The molecule has 0 spiro atoms. The molecule has 0 bridgehead atoms. The summed E-state index contributed by atoms with van der Waals surface area (Å²) in [7, 11) is 0. The van der Waals surface area contributed by atoms with E-state index in [2.05, 4.69) is 11.8 Å². The molecule has 1 aromatic carbocycles. The Morgan fingerprint density at radius 2 is 2.04 bits per heavy atom. The number of likely N-dealkylation sites (tertiary alicyclic amines) is 1. The Kier molecular flexibility index (Phi) is 5.80. The van der Waals surface area contributed by atoms with E-state index in [1.807, 2.05) is 30.3 Å². The molecule has 1 heterocycles. The maximum absolute atomic E-state index is 13.1. The highest BCUT2D eigenvalue weighted by molar-refractivity contribution is 5.83. The van der Waals surface area contributed by atoms with E-state index in [0.29, 0.717) is 11.8 Å². The average Bonchev–Trinajstić information content (AvgIpc) is 2.60. The number of unbranched alkanes of at least 4 members (excludes halogenated alkanes) is 1. The Morgan fingerprint density at radius 1 is 1.25 bits per heavy atom. The fourth-order valence-corrected chi connectivity index (χ4v) is 4.14. The number of ether oxygens (including phenoxy) is 1. The first-order chi connectivity index (χ1) is 11.7. The van der Waals surface area contributed by atoms with Crippen LogP contribution in [0.15, 0.2) is 30.3 Å². The largest absolute Gasteiger partial charge is 0.493 e. The molecule has 0 radical (unpaired) electrons. The molecule has 1 amide bonds. The van der Waals surface area contributed by atoms with Crippen molar-refractivity contribution in [3.8, 4) is 5.75 Å². The molecule has 24 heavy (non-hydrogen) atoms. The molecular weight excluding hydrogens is 298 g/mol. The van der Waals surface area contributed by atoms with Crippen molar-refractivity contribution in [3.63, 3.8) is 0 Å². The van der Waals surface area contributed by atoms with Crippen LogP contribution >= 0.6 is 0 Å². The third-order valence-corrected chi connectivity index (χ3v) is 5.81. The normalized spacial score (nSPS) is 22.7. The number of amides is 1. The molecule has 1 saturated carbocycles. The van der Waals surface area contributed by atoms with Gasteiger partial charge in [0.2, 0.25) is 5.91 Å². The Balaban J connectivity index is 1.53. The second-order valence-electron chi connectivity index (χ2n) is 7.62. The van der Waals surface area contributed by atoms with Crippen molar-refractivity contribution in [1.29, 1.82) is 0 Å². The van der Waals surface area contributed by atoms with Gasteiger partial charge >= 0.3 is 0 Å². The number of benzene rings is 1. The Morgan fingerprint density at radius 3 is 2.71 bits per heavy atom. The van der Waals surface area contributed by atoms with Crippen LogP contribution in [0.4, 0.5) is 0 Å². The van der Waals surface area contributed by atoms with Crippen LogP contribution in [-0.4, -0.2) is 30.5 Å². The second-order valence-corrected chi connectivity index (χ2v) is 7.62. The predicted octanol–water partition coefficient (Wildman–Crippen LogP) is 4.66. The van der Waals surface area contributed by atoms with Gasteiger partial charge in [0.05, 0.1) is 6.61 Å². The van der Waals surface area contributed by atoms with Gasteiger partial charge in [-0.1, -0.05) is 44.4 Å². The smallest absolute Gasteiger partial charge is 0.228 e. The number of piperidine rings is 1. The number of nitrogens with zero attached hydrogens (tertiary/aromatic N) is 1. The van der Waals surface area contributed by atoms with Gasteiger partial charge in [0, 0.05) is 24.4 Å². The topological polar surface area (TPSA) is 29.5 Å². The van der Waals surface area contributed by atoms with Crippen molar-refractivity contribution in [3.05, 3.63) is 30.3 Å². The summed E-state index contributed by atoms with van der Waals surface area (Å²) >= 11 is 0. The molecule has 132 valence electrons. The monoisotopic (exact) mass is 329 g/mol. The van der Waals surface area contributed by atoms with Gasteiger partial charge in [-0.05, 0) is 44.2 Å². The third-order valence-electron chi connectivity index (χ3n) is 5.81. The van der Waals surface area contributed by atoms with Crippen LogP contribution in [0, 0.1) is 11.3 Å². The van der Waals surface area contributed by atoms with E-state index in [-0.39, 0.29) is 5.41 Å². The number of hydrogen-bond acceptors (Lipinski definition) is 2. The molecule has 1 unspecified atom stereocenters. The summed E-state index contributed by atoms with van der Waals surface area (Å²) in [6.45, 7) is 4.75. The highest BCUT2D eigenvalue weighted by Gasteiger charge is 2.46. The van der Waals surface area contributed by atoms with E-state index < -0.39 is 0 Å². The van der Waals surface area contributed by atoms with Gasteiger partial charge in [-0.3, -0.25) is 4.79 Å². The van der Waals surface area contributed by atoms with E-state index in [1.165, 1.54) is 25.7 Å². The summed E-state index contributed by atoms with van der Waals surface area (Å²) in [4.78, 5) is 15.3. The summed E-state index contributed by atoms with van der Waals surface area (Å²) < 4.78 is 5.93. The molecule has 3 rings (SSSR count). The van der Waals surface area contributed by atoms with Gasteiger partial charge in [-0.15, -0.1) is 0 Å². The Bertz CT molecular complexity index is 524. The van der Waals surface area contributed by atoms with Gasteiger partial charge in [-0.2, -0.15) is 0 Å². The molecule has 1 aromatic rings. The lowest BCUT2D eigenvalue weighted by Crippen LogP contribution is -2.51. The van der Waals surface area contributed by atoms with Crippen LogP contribution in [-0.2, 0) is 4.79 Å². The number of carbonyl (C=O) groups is 1. The van der Waals surface area contributed by atoms with Crippen LogP contribution < -0.4 is 4.74 Å². The van der Waals surface area contributed by atoms with Crippen molar-refractivity contribution < 1.29 is 9.53 Å². The molecule has 2 aliphatic rings. The van der Waals surface area contributed by atoms with E-state index in [1.54, 1.807) is 0 Å². The predicted molar refractivity (Wildman–Crippen MR) is 97.1 cm³/mol. The Labute approximate surface area is 146 Å². The first-order valence-corrected chi connectivity index (χ1v) is 9.71. The Hall–Kier alpha value is -1.51. The molecule has 1 saturated heterocycles. The third kappa shape index (κ3) is 3.93. The number of carbonyl (C=O) groups excluding carboxylic acids is 1. The molecule has 1 aliphatic heterocycles. The highest BCUT2D eigenvalue weighted by Crippen LogP contribution is 2.47. The van der Waals surface area contributed by atoms with Crippen LogP contribution in [0.2, 0.25) is 0 Å². The lowest BCUT2D eigenvalue weighted by molar-refractivity contribution is -0.150. The molecule has 3 heteroatoms. The first kappa shape index (κ1) is 17.3. The minimum absolute atomic E-state index is 0.0157. The van der Waals surface area contributed by atoms with E-state index >= 15 is 0 Å². The number of hydrogen-bond donors (Lipinski definition) is 0. The lowest BCUT2D eigenvalue weighted by atomic mass is 9.64. The zero-order valence-corrected chi connectivity index (χ0v) is 15.0. The number of para-hydroxylation sites is 1. The summed E-state index contributed by atoms with van der Waals surface area (Å²) in [6.07, 6.45) is 9.16. The fourth-order valence-electron chi connectivity index (χ4n) is 4.14. The summed E-state index contributed by atoms with van der Waals surface area (Å²) in [5.41, 5.74) is -0.0157. The standard InChI is InChI=1S/C21H31NO2/c1-2-3-12-21(13-8-14-21)20(23)22-15-7-9-18(16-22)17-24-19-10-5-4-6-11-19/h4-6,10-11,18H,2-3,7-9,12-17H2,1H3. The quantitative estimate of drug-likeness (QED) is 0.728. The van der Waals surface area contributed by atoms with Crippen LogP contribution in [0.25, 0.3) is 0 Å². The molecular formula is C21H31NO2. The molecule has 1 atom stereocenters. The van der Waals surface area contributed by atoms with E-state index in [0.717, 1.165) is 51.1 Å². The highest BCUT2D eigenvalue weighted by atomic mass is 16.5. The molecule has 2 fully saturated rings. The van der Waals surface area contributed by atoms with Gasteiger partial charge < -0.3 is 9.64 Å². The zero-order chi connectivity index (χ0) is 16.8. The minimum Gasteiger partial charge on any atom is -0.493 e. The van der Waals surface area contributed by atoms with Crippen molar-refractivity contribution in [1.82, 2.24) is 4.90 Å². The molecule has 0 N–H and O–H groups in total. The second kappa shape index (κ2) is 8.04. The fraction of sp³-hybridized carbons (Fsp3) is 0.667. The van der Waals surface area contributed by atoms with Crippen molar-refractivity contribution >= 4 is 5.91 Å². The maximum Gasteiger partial charge on any atom is 0.228 e. The summed E-state index contributed by atoms with van der Waals surface area (Å²) in [6, 6.07) is 10.0. The van der Waals surface area contributed by atoms with Crippen molar-refractivity contribution in [2.45, 2.75) is 58.3 Å². The SMILES string of the molecule is CCCCC1(C(=O)N2CCCC(COc3ccccc3)C2)CCC1. The number of rotatable bonds is 7. The van der Waals surface area contributed by atoms with Crippen LogP contribution in [0.5, 0.6) is 5.75 Å². The van der Waals surface area contributed by atoms with Gasteiger partial charge in [0.1, 0.15) is 5.75 Å². The zero-order valence-electron chi connectivity index (χ0n) is 15.0. The molecule has 1 aliphatic carbocycles. The van der Waals surface area contributed by atoms with E-state index in [4.69, 9.17) is 4.74 Å². The van der Waals surface area contributed by atoms with Crippen molar-refractivity contribution in [2.75, 3.05) is 19.7 Å². The average molecular weight is 329 g/mol. The maximum atomic E-state index is 13.1. The van der Waals surface area contributed by atoms with Crippen LogP contribution in [0.3, 0.4) is 0 Å². The van der Waals surface area contributed by atoms with Gasteiger partial charge in [0.15, 0.2) is 0 Å². The van der Waals surface area contributed by atoms with Gasteiger partial charge in [-0.25, -0.2) is 0 Å². The summed E-state index contributed by atoms with van der Waals surface area (Å²) in [5.74, 6) is 1.83. The van der Waals surface area contributed by atoms with Crippen LogP contribution in [0.1, 0.15) is 58.3 Å². The molecule has 3 nitrogen and oxygen atoms in total. The lowest BCUT2D eigenvalue weighted by Gasteiger charge is -2.45. The molecule has 0 aromatic heterocycles. The summed E-state index contributed by atoms with van der Waals surface area (Å²) in [5, 5.41) is 0. The van der Waals surface area contributed by atoms with Crippen molar-refractivity contribution in [2.24, 2.45) is 11.3 Å².